The van der Waals surface area contributed by atoms with Crippen molar-refractivity contribution >= 4 is 14.9 Å². The van der Waals surface area contributed by atoms with Gasteiger partial charge >= 0.3 is 0 Å². The summed E-state index contributed by atoms with van der Waals surface area (Å²) in [6, 6.07) is 14.4. The average Bonchev–Trinajstić information content (AvgIpc) is 3.34. The van der Waals surface area contributed by atoms with Crippen LogP contribution in [0.2, 0.25) is 0 Å². The number of aromatic nitrogens is 3. The molecule has 0 fully saturated rings. The Labute approximate surface area is 223 Å². The number of nitrogens with zero attached hydrogens (tertiary/aromatic N) is 3. The number of rotatable bonds is 9. The minimum atomic E-state index is -2.97. The third-order valence-corrected chi connectivity index (χ3v) is 6.02. The molecule has 1 unspecified atom stereocenters. The summed E-state index contributed by atoms with van der Waals surface area (Å²) in [5.41, 5.74) is 2.16. The molecule has 0 saturated heterocycles. The van der Waals surface area contributed by atoms with Crippen LogP contribution in [0.4, 0.5) is 8.78 Å². The van der Waals surface area contributed by atoms with Gasteiger partial charge in [-0.15, -0.1) is 0 Å². The second-order valence-corrected chi connectivity index (χ2v) is 9.42. The molecule has 7 heteroatoms. The van der Waals surface area contributed by atoms with Crippen LogP contribution in [0.15, 0.2) is 67.1 Å². The van der Waals surface area contributed by atoms with Gasteiger partial charge in [-0.05, 0) is 50.0 Å². The van der Waals surface area contributed by atoms with E-state index in [-0.39, 0.29) is 5.56 Å². The number of halogens is 2. The molecule has 0 saturated carbocycles. The summed E-state index contributed by atoms with van der Waals surface area (Å²) in [6.07, 6.45) is 10.6. The summed E-state index contributed by atoms with van der Waals surface area (Å²) in [7, 11) is 1.57. The van der Waals surface area contributed by atoms with E-state index in [2.05, 4.69) is 29.2 Å². The van der Waals surface area contributed by atoms with E-state index in [0.29, 0.717) is 11.2 Å². The molecule has 0 bridgehead atoms. The Morgan fingerprint density at radius 3 is 2.27 bits per heavy atom. The summed E-state index contributed by atoms with van der Waals surface area (Å²) in [5.74, 6) is 0. The van der Waals surface area contributed by atoms with Crippen LogP contribution in [-0.2, 0) is 5.66 Å². The van der Waals surface area contributed by atoms with Crippen LogP contribution in [0.25, 0.3) is 27.9 Å². The summed E-state index contributed by atoms with van der Waals surface area (Å²) < 4.78 is 28.8. The molecule has 200 valence electrons. The zero-order chi connectivity index (χ0) is 27.3. The van der Waals surface area contributed by atoms with E-state index >= 15 is 0 Å². The van der Waals surface area contributed by atoms with E-state index in [4.69, 9.17) is 0 Å². The second-order valence-electron chi connectivity index (χ2n) is 8.70. The minimum absolute atomic E-state index is 0.0596. The van der Waals surface area contributed by atoms with E-state index in [1.54, 1.807) is 38.3 Å². The predicted molar refractivity (Wildman–Crippen MR) is 156 cm³/mol. The molecule has 4 aromatic rings. The normalized spacial score (nSPS) is 10.9. The summed E-state index contributed by atoms with van der Waals surface area (Å²) in [5, 5.41) is 7.72. The Balaban J connectivity index is 0.000000374. The molecule has 37 heavy (non-hydrogen) atoms. The number of aryl methyl sites for hydroxylation is 1. The zero-order valence-electron chi connectivity index (χ0n) is 22.8. The Hall–Kier alpha value is -2.69. The Kier molecular flexibility index (Phi) is 12.8. The first-order valence-electron chi connectivity index (χ1n) is 13.2. The third kappa shape index (κ3) is 9.28. The lowest BCUT2D eigenvalue weighted by Gasteiger charge is -2.11. The molecule has 0 aliphatic rings. The zero-order valence-corrected chi connectivity index (χ0v) is 23.9. The number of hydrogen-bond donors (Lipinski definition) is 1. The van der Waals surface area contributed by atoms with Gasteiger partial charge in [0.25, 0.3) is 5.66 Å². The van der Waals surface area contributed by atoms with Gasteiger partial charge in [-0.2, -0.15) is 13.9 Å². The molecule has 0 radical (unpaired) electrons. The van der Waals surface area contributed by atoms with Crippen LogP contribution in [0, 0.1) is 6.92 Å². The van der Waals surface area contributed by atoms with Crippen molar-refractivity contribution < 1.29 is 8.78 Å². The van der Waals surface area contributed by atoms with Crippen molar-refractivity contribution in [1.82, 2.24) is 19.9 Å². The monoisotopic (exact) mass is 526 g/mol. The molecule has 2 heterocycles. The van der Waals surface area contributed by atoms with E-state index in [0.717, 1.165) is 16.7 Å². The molecule has 4 nitrogen and oxygen atoms in total. The standard InChI is InChI=1S/C20H16F2N3P.C8H19N.C2H6/c1-13-5-7-14(8-6-13)16-10-23-19-18(11-24-25(19)12-16)15-3-2-4-17(9-15)20(21,22)26;1-3-5-6-8-9-7-4-2;1-2/h2-12H,26H2,1H3;9H,3-8H2,1-2H3;1-2H3. The SMILES string of the molecule is CC.CCCCCNCCC.Cc1ccc(-c2cnc3c(-c4cccc(C(F)(F)P)c4)cnn3c2)cc1. The van der Waals surface area contributed by atoms with Crippen LogP contribution in [0.3, 0.4) is 0 Å². The fourth-order valence-corrected chi connectivity index (χ4v) is 3.85. The third-order valence-electron chi connectivity index (χ3n) is 5.68. The smallest absolute Gasteiger partial charge is 0.283 e. The molecule has 1 N–H and O–H groups in total. The van der Waals surface area contributed by atoms with Gasteiger partial charge in [0.05, 0.1) is 6.20 Å². The van der Waals surface area contributed by atoms with Gasteiger partial charge in [0.2, 0.25) is 0 Å². The summed E-state index contributed by atoms with van der Waals surface area (Å²) in [6.45, 7) is 12.9. The number of alkyl halides is 2. The van der Waals surface area contributed by atoms with Gasteiger partial charge in [0, 0.05) is 29.1 Å². The number of benzene rings is 2. The van der Waals surface area contributed by atoms with Crippen LogP contribution in [-0.4, -0.2) is 27.7 Å². The van der Waals surface area contributed by atoms with Crippen LogP contribution in [0.1, 0.15) is 64.5 Å². The highest BCUT2D eigenvalue weighted by molar-refractivity contribution is 7.17. The average molecular weight is 527 g/mol. The quantitative estimate of drug-likeness (QED) is 0.176. The lowest BCUT2D eigenvalue weighted by atomic mass is 10.1. The van der Waals surface area contributed by atoms with Gasteiger partial charge in [0.15, 0.2) is 5.65 Å². The van der Waals surface area contributed by atoms with Crippen molar-refractivity contribution in [2.24, 2.45) is 0 Å². The van der Waals surface area contributed by atoms with E-state index in [1.807, 2.05) is 51.2 Å². The first-order valence-corrected chi connectivity index (χ1v) is 13.8. The molecule has 1 atom stereocenters. The van der Waals surface area contributed by atoms with E-state index in [1.165, 1.54) is 56.5 Å². The van der Waals surface area contributed by atoms with Crippen LogP contribution >= 0.6 is 9.24 Å². The highest BCUT2D eigenvalue weighted by Crippen LogP contribution is 2.37. The molecule has 2 aromatic carbocycles. The maximum atomic E-state index is 13.6. The Morgan fingerprint density at radius 1 is 0.892 bits per heavy atom. The van der Waals surface area contributed by atoms with Crippen LogP contribution < -0.4 is 5.32 Å². The van der Waals surface area contributed by atoms with Crippen molar-refractivity contribution in [3.05, 3.63) is 78.2 Å². The molecule has 0 aliphatic heterocycles. The summed E-state index contributed by atoms with van der Waals surface area (Å²) in [4.78, 5) is 4.52. The number of fused-ring (bicyclic) bond motifs is 1. The maximum Gasteiger partial charge on any atom is 0.283 e. The van der Waals surface area contributed by atoms with Gasteiger partial charge in [-0.1, -0.05) is 97.8 Å². The lowest BCUT2D eigenvalue weighted by molar-refractivity contribution is 0.104. The molecular formula is C30H41F2N4P. The fraction of sp³-hybridized carbons (Fsp3) is 0.400. The number of hydrogen-bond acceptors (Lipinski definition) is 3. The van der Waals surface area contributed by atoms with E-state index in [9.17, 15) is 8.78 Å². The van der Waals surface area contributed by atoms with Crippen molar-refractivity contribution in [2.45, 2.75) is 66.0 Å². The maximum absolute atomic E-state index is 13.6. The fourth-order valence-electron chi connectivity index (χ4n) is 3.67. The first-order chi connectivity index (χ1) is 17.8. The molecule has 4 rings (SSSR count). The molecule has 0 aliphatic carbocycles. The first kappa shape index (κ1) is 30.5. The highest BCUT2D eigenvalue weighted by atomic mass is 31.0. The Morgan fingerprint density at radius 2 is 1.62 bits per heavy atom. The molecule has 0 amide bonds. The summed E-state index contributed by atoms with van der Waals surface area (Å²) >= 11 is 0. The van der Waals surface area contributed by atoms with Crippen molar-refractivity contribution in [1.29, 1.82) is 0 Å². The second kappa shape index (κ2) is 15.5. The molecule has 0 spiro atoms. The topological polar surface area (TPSA) is 42.2 Å². The lowest BCUT2D eigenvalue weighted by Crippen LogP contribution is -2.15. The van der Waals surface area contributed by atoms with Gasteiger partial charge in [-0.3, -0.25) is 0 Å². The molecule has 2 aromatic heterocycles. The minimum Gasteiger partial charge on any atom is -0.317 e. The Bertz CT molecular complexity index is 1190. The van der Waals surface area contributed by atoms with Gasteiger partial charge in [-0.25, -0.2) is 9.50 Å². The van der Waals surface area contributed by atoms with Crippen LogP contribution in [0.5, 0.6) is 0 Å². The van der Waals surface area contributed by atoms with Gasteiger partial charge in [0.1, 0.15) is 0 Å². The largest absolute Gasteiger partial charge is 0.317 e. The van der Waals surface area contributed by atoms with Gasteiger partial charge < -0.3 is 5.32 Å². The molecular weight excluding hydrogens is 485 g/mol. The highest BCUT2D eigenvalue weighted by Gasteiger charge is 2.25. The number of unbranched alkanes of at least 4 members (excludes halogenated alkanes) is 2. The number of nitrogens with one attached hydrogen (secondary N) is 1. The predicted octanol–water partition coefficient (Wildman–Crippen LogP) is 8.50. The van der Waals surface area contributed by atoms with E-state index < -0.39 is 5.66 Å². The van der Waals surface area contributed by atoms with Crippen molar-refractivity contribution in [3.8, 4) is 22.3 Å². The van der Waals surface area contributed by atoms with Crippen molar-refractivity contribution in [3.63, 3.8) is 0 Å². The van der Waals surface area contributed by atoms with Crippen molar-refractivity contribution in [2.75, 3.05) is 13.1 Å².